The van der Waals surface area contributed by atoms with Crippen LogP contribution in [0.2, 0.25) is 0 Å². The minimum absolute atomic E-state index is 0. The van der Waals surface area contributed by atoms with Crippen LogP contribution in [0.1, 0.15) is 54.9 Å². The number of likely N-dealkylation sites (tertiary alicyclic amines) is 1. The molecule has 0 spiro atoms. The van der Waals surface area contributed by atoms with Crippen LogP contribution in [0.5, 0.6) is 0 Å². The fourth-order valence-corrected chi connectivity index (χ4v) is 2.56. The van der Waals surface area contributed by atoms with Crippen molar-refractivity contribution in [3.8, 4) is 0 Å². The largest absolute Gasteiger partial charge is 0.360 e. The first-order valence-electron chi connectivity index (χ1n) is 6.83. The Kier molecular flexibility index (Phi) is 5.21. The van der Waals surface area contributed by atoms with E-state index in [1.165, 1.54) is 0 Å². The maximum absolute atomic E-state index is 12.6. The predicted octanol–water partition coefficient (Wildman–Crippen LogP) is 2.34. The normalized spacial score (nSPS) is 22.2. The second kappa shape index (κ2) is 6.14. The highest BCUT2D eigenvalue weighted by atomic mass is 35.5. The summed E-state index contributed by atoms with van der Waals surface area (Å²) in [7, 11) is 0. The van der Waals surface area contributed by atoms with Gasteiger partial charge in [-0.15, -0.1) is 12.4 Å². The van der Waals surface area contributed by atoms with Crippen LogP contribution in [0.3, 0.4) is 0 Å². The van der Waals surface area contributed by atoms with Crippen molar-refractivity contribution in [2.45, 2.75) is 40.0 Å². The third-order valence-electron chi connectivity index (χ3n) is 3.97. The molecule has 0 saturated carbocycles. The summed E-state index contributed by atoms with van der Waals surface area (Å²) >= 11 is 0. The van der Waals surface area contributed by atoms with Gasteiger partial charge in [-0.3, -0.25) is 4.79 Å². The lowest BCUT2D eigenvalue weighted by atomic mass is 9.90. The minimum Gasteiger partial charge on any atom is -0.360 e. The third kappa shape index (κ3) is 2.99. The molecule has 114 valence electrons. The summed E-state index contributed by atoms with van der Waals surface area (Å²) in [6.45, 7) is 10.0. The van der Waals surface area contributed by atoms with E-state index < -0.39 is 0 Å². The van der Waals surface area contributed by atoms with Crippen LogP contribution in [-0.4, -0.2) is 35.6 Å². The summed E-state index contributed by atoms with van der Waals surface area (Å²) in [5, 5.41) is 3.94. The van der Waals surface area contributed by atoms with Crippen LogP contribution in [0.25, 0.3) is 0 Å². The molecule has 1 atom stereocenters. The van der Waals surface area contributed by atoms with Crippen molar-refractivity contribution in [2.24, 2.45) is 11.1 Å². The fraction of sp³-hybridized carbons (Fsp3) is 0.714. The van der Waals surface area contributed by atoms with Crippen LogP contribution < -0.4 is 5.73 Å². The maximum Gasteiger partial charge on any atom is 0.259 e. The molecule has 1 unspecified atom stereocenters. The van der Waals surface area contributed by atoms with Crippen LogP contribution in [-0.2, 0) is 0 Å². The van der Waals surface area contributed by atoms with Gasteiger partial charge in [0.05, 0.1) is 5.69 Å². The summed E-state index contributed by atoms with van der Waals surface area (Å²) in [5.74, 6) is 0.868. The van der Waals surface area contributed by atoms with Crippen molar-refractivity contribution in [1.29, 1.82) is 0 Å². The zero-order valence-electron chi connectivity index (χ0n) is 12.6. The Morgan fingerprint density at radius 2 is 2.20 bits per heavy atom. The number of hydrogen-bond donors (Lipinski definition) is 1. The number of carbonyl (C=O) groups excluding carboxylic acids is 1. The molecule has 1 fully saturated rings. The van der Waals surface area contributed by atoms with Gasteiger partial charge in [-0.1, -0.05) is 25.9 Å². The van der Waals surface area contributed by atoms with E-state index in [2.05, 4.69) is 12.1 Å². The SMILES string of the molecule is Cc1noc(C(C)C)c1C(=O)N1CCC(C)(CN)C1.Cl. The molecule has 5 nitrogen and oxygen atoms in total. The van der Waals surface area contributed by atoms with Crippen molar-refractivity contribution in [3.63, 3.8) is 0 Å². The summed E-state index contributed by atoms with van der Waals surface area (Å²) in [6, 6.07) is 0. The molecule has 0 aromatic carbocycles. The van der Waals surface area contributed by atoms with Gasteiger partial charge in [0, 0.05) is 19.0 Å². The number of rotatable bonds is 3. The lowest BCUT2D eigenvalue weighted by Gasteiger charge is -2.22. The zero-order valence-corrected chi connectivity index (χ0v) is 13.4. The predicted molar refractivity (Wildman–Crippen MR) is 80.3 cm³/mol. The number of halogens is 1. The third-order valence-corrected chi connectivity index (χ3v) is 3.97. The molecule has 0 aliphatic carbocycles. The maximum atomic E-state index is 12.6. The molecule has 2 N–H and O–H groups in total. The van der Waals surface area contributed by atoms with Gasteiger partial charge in [0.15, 0.2) is 5.76 Å². The average molecular weight is 302 g/mol. The number of aromatic nitrogens is 1. The Balaban J connectivity index is 0.00000200. The Hall–Kier alpha value is -1.07. The van der Waals surface area contributed by atoms with Gasteiger partial charge in [0.2, 0.25) is 0 Å². The molecule has 2 heterocycles. The molecule has 1 aliphatic heterocycles. The van der Waals surface area contributed by atoms with Crippen LogP contribution >= 0.6 is 12.4 Å². The first-order valence-corrected chi connectivity index (χ1v) is 6.83. The monoisotopic (exact) mass is 301 g/mol. The Labute approximate surface area is 126 Å². The van der Waals surface area contributed by atoms with Crippen molar-refractivity contribution < 1.29 is 9.32 Å². The van der Waals surface area contributed by atoms with Gasteiger partial charge in [0.1, 0.15) is 5.56 Å². The second-order valence-corrected chi connectivity index (χ2v) is 6.15. The molecule has 1 aromatic rings. The molecule has 1 aliphatic rings. The topological polar surface area (TPSA) is 72.4 Å². The van der Waals surface area contributed by atoms with Gasteiger partial charge in [-0.25, -0.2) is 0 Å². The number of nitrogens with two attached hydrogens (primary N) is 1. The van der Waals surface area contributed by atoms with Gasteiger partial charge in [-0.2, -0.15) is 0 Å². The summed E-state index contributed by atoms with van der Waals surface area (Å²) < 4.78 is 5.29. The van der Waals surface area contributed by atoms with E-state index in [0.29, 0.717) is 30.1 Å². The standard InChI is InChI=1S/C14H23N3O2.ClH/c1-9(2)12-11(10(3)16-19-12)13(18)17-6-5-14(4,7-15)8-17;/h9H,5-8,15H2,1-4H3;1H. The quantitative estimate of drug-likeness (QED) is 0.930. The van der Waals surface area contributed by atoms with Gasteiger partial charge < -0.3 is 15.2 Å². The summed E-state index contributed by atoms with van der Waals surface area (Å²) in [5.41, 5.74) is 7.14. The van der Waals surface area contributed by atoms with Crippen molar-refractivity contribution >= 4 is 18.3 Å². The smallest absolute Gasteiger partial charge is 0.259 e. The molecule has 1 aromatic heterocycles. The molecule has 20 heavy (non-hydrogen) atoms. The fourth-order valence-electron chi connectivity index (χ4n) is 2.56. The summed E-state index contributed by atoms with van der Waals surface area (Å²) in [4.78, 5) is 14.5. The zero-order chi connectivity index (χ0) is 14.2. The van der Waals surface area contributed by atoms with Gasteiger partial charge in [-0.05, 0) is 25.3 Å². The van der Waals surface area contributed by atoms with E-state index in [4.69, 9.17) is 10.3 Å². The minimum atomic E-state index is 0. The number of hydrogen-bond acceptors (Lipinski definition) is 4. The Morgan fingerprint density at radius 1 is 1.55 bits per heavy atom. The molecular weight excluding hydrogens is 278 g/mol. The highest BCUT2D eigenvalue weighted by Gasteiger charge is 2.37. The molecule has 1 saturated heterocycles. The van der Waals surface area contributed by atoms with Crippen molar-refractivity contribution in [2.75, 3.05) is 19.6 Å². The van der Waals surface area contributed by atoms with E-state index in [1.54, 1.807) is 0 Å². The Morgan fingerprint density at radius 3 is 2.70 bits per heavy atom. The van der Waals surface area contributed by atoms with Gasteiger partial charge in [0.25, 0.3) is 5.91 Å². The average Bonchev–Trinajstić information content (AvgIpc) is 2.93. The molecule has 6 heteroatoms. The van der Waals surface area contributed by atoms with Gasteiger partial charge >= 0.3 is 0 Å². The molecule has 0 radical (unpaired) electrons. The number of aryl methyl sites for hydroxylation is 1. The van der Waals surface area contributed by atoms with E-state index in [1.807, 2.05) is 25.7 Å². The highest BCUT2D eigenvalue weighted by Crippen LogP contribution is 2.31. The van der Waals surface area contributed by atoms with E-state index in [0.717, 1.165) is 13.0 Å². The number of carbonyl (C=O) groups is 1. The van der Waals surface area contributed by atoms with Crippen LogP contribution in [0.4, 0.5) is 0 Å². The molecular formula is C14H24ClN3O2. The molecule has 1 amide bonds. The lowest BCUT2D eigenvalue weighted by Crippen LogP contribution is -2.35. The van der Waals surface area contributed by atoms with Crippen molar-refractivity contribution in [3.05, 3.63) is 17.0 Å². The number of nitrogens with zero attached hydrogens (tertiary/aromatic N) is 2. The van der Waals surface area contributed by atoms with Crippen molar-refractivity contribution in [1.82, 2.24) is 10.1 Å². The lowest BCUT2D eigenvalue weighted by molar-refractivity contribution is 0.0773. The second-order valence-electron chi connectivity index (χ2n) is 6.15. The number of amides is 1. The van der Waals surface area contributed by atoms with E-state index in [-0.39, 0.29) is 29.6 Å². The van der Waals surface area contributed by atoms with Crippen LogP contribution in [0.15, 0.2) is 4.52 Å². The summed E-state index contributed by atoms with van der Waals surface area (Å²) in [6.07, 6.45) is 0.955. The van der Waals surface area contributed by atoms with E-state index in [9.17, 15) is 4.79 Å². The first kappa shape index (κ1) is 17.0. The van der Waals surface area contributed by atoms with Crippen LogP contribution in [0, 0.1) is 12.3 Å². The Bertz CT molecular complexity index is 487. The molecule has 2 rings (SSSR count). The first-order chi connectivity index (χ1) is 8.88. The molecule has 0 bridgehead atoms. The highest BCUT2D eigenvalue weighted by molar-refractivity contribution is 5.96. The van der Waals surface area contributed by atoms with E-state index >= 15 is 0 Å².